The second-order valence-electron chi connectivity index (χ2n) is 4.35. The average molecular weight is 374 g/mol. The van der Waals surface area contributed by atoms with Crippen molar-refractivity contribution in [3.05, 3.63) is 28.8 Å². The summed E-state index contributed by atoms with van der Waals surface area (Å²) >= 11 is 8.79. The fraction of sp³-hybridized carbons (Fsp3) is 0.357. The lowest BCUT2D eigenvalue weighted by molar-refractivity contribution is 0.102. The number of aromatic nitrogens is 2. The zero-order valence-electron chi connectivity index (χ0n) is 12.7. The number of halogens is 1. The maximum atomic E-state index is 12.2. The van der Waals surface area contributed by atoms with E-state index in [2.05, 4.69) is 15.5 Å². The molecule has 9 heteroatoms. The SMILES string of the molecule is COCCNc1nnc(SCC(=O)c2ccc(OC)c(Cl)c2)s1. The molecule has 0 aliphatic carbocycles. The summed E-state index contributed by atoms with van der Waals surface area (Å²) in [5.41, 5.74) is 0.547. The van der Waals surface area contributed by atoms with Gasteiger partial charge in [0.05, 0.1) is 24.5 Å². The van der Waals surface area contributed by atoms with Crippen LogP contribution in [-0.2, 0) is 4.74 Å². The fourth-order valence-electron chi connectivity index (χ4n) is 1.65. The topological polar surface area (TPSA) is 73.3 Å². The van der Waals surface area contributed by atoms with Crippen LogP contribution in [0.2, 0.25) is 5.02 Å². The molecule has 0 amide bonds. The monoisotopic (exact) mass is 373 g/mol. The van der Waals surface area contributed by atoms with Crippen LogP contribution in [0.15, 0.2) is 22.5 Å². The number of methoxy groups -OCH3 is 2. The van der Waals surface area contributed by atoms with E-state index in [4.69, 9.17) is 21.1 Å². The molecule has 0 spiro atoms. The van der Waals surface area contributed by atoms with Crippen molar-refractivity contribution in [2.24, 2.45) is 0 Å². The number of hydrogen-bond donors (Lipinski definition) is 1. The van der Waals surface area contributed by atoms with Gasteiger partial charge in [-0.25, -0.2) is 0 Å². The van der Waals surface area contributed by atoms with E-state index in [-0.39, 0.29) is 11.5 Å². The summed E-state index contributed by atoms with van der Waals surface area (Å²) < 4.78 is 10.8. The van der Waals surface area contributed by atoms with Gasteiger partial charge in [0.1, 0.15) is 5.75 Å². The standard InChI is InChI=1S/C14H16ClN3O3S2/c1-20-6-5-16-13-17-18-14(23-13)22-8-11(19)9-3-4-12(21-2)10(15)7-9/h3-4,7H,5-6,8H2,1-2H3,(H,16,17). The number of thioether (sulfide) groups is 1. The third-order valence-corrected chi connectivity index (χ3v) is 5.10. The molecule has 0 bridgehead atoms. The molecule has 23 heavy (non-hydrogen) atoms. The highest BCUT2D eigenvalue weighted by molar-refractivity contribution is 8.01. The summed E-state index contributed by atoms with van der Waals surface area (Å²) in [4.78, 5) is 12.2. The van der Waals surface area contributed by atoms with Gasteiger partial charge >= 0.3 is 0 Å². The third-order valence-electron chi connectivity index (χ3n) is 2.79. The first-order chi connectivity index (χ1) is 11.1. The zero-order chi connectivity index (χ0) is 16.7. The number of rotatable bonds is 9. The number of anilines is 1. The molecule has 2 rings (SSSR count). The predicted octanol–water partition coefficient (Wildman–Crippen LogP) is 3.23. The van der Waals surface area contributed by atoms with E-state index in [0.717, 1.165) is 4.34 Å². The molecule has 0 aliphatic rings. The highest BCUT2D eigenvalue weighted by Gasteiger charge is 2.12. The Morgan fingerprint density at radius 2 is 2.22 bits per heavy atom. The molecule has 0 unspecified atom stereocenters. The van der Waals surface area contributed by atoms with Gasteiger partial charge in [0.25, 0.3) is 0 Å². The Balaban J connectivity index is 1.88. The number of carbonyl (C=O) groups excluding carboxylic acids is 1. The molecule has 0 saturated heterocycles. The van der Waals surface area contributed by atoms with E-state index in [1.807, 2.05) is 0 Å². The Bertz CT molecular complexity index is 666. The van der Waals surface area contributed by atoms with E-state index < -0.39 is 0 Å². The largest absolute Gasteiger partial charge is 0.495 e. The Labute approximate surface area is 147 Å². The highest BCUT2D eigenvalue weighted by atomic mass is 35.5. The van der Waals surface area contributed by atoms with Crippen LogP contribution in [0.1, 0.15) is 10.4 Å². The van der Waals surface area contributed by atoms with E-state index >= 15 is 0 Å². The van der Waals surface area contributed by atoms with Crippen LogP contribution in [0.5, 0.6) is 5.75 Å². The number of carbonyl (C=O) groups is 1. The Morgan fingerprint density at radius 3 is 2.91 bits per heavy atom. The molecule has 124 valence electrons. The summed E-state index contributed by atoms with van der Waals surface area (Å²) in [5.74, 6) is 0.797. The summed E-state index contributed by atoms with van der Waals surface area (Å²) in [7, 11) is 3.17. The number of ketones is 1. The minimum atomic E-state index is -0.0244. The molecule has 2 aromatic rings. The van der Waals surface area contributed by atoms with Gasteiger partial charge in [-0.2, -0.15) is 0 Å². The molecule has 1 aromatic carbocycles. The number of nitrogens with one attached hydrogen (secondary N) is 1. The van der Waals surface area contributed by atoms with Gasteiger partial charge in [-0.3, -0.25) is 4.79 Å². The lowest BCUT2D eigenvalue weighted by Crippen LogP contribution is -2.06. The van der Waals surface area contributed by atoms with Crippen molar-refractivity contribution in [2.45, 2.75) is 4.34 Å². The molecule has 1 heterocycles. The van der Waals surface area contributed by atoms with Crippen LogP contribution in [0, 0.1) is 0 Å². The number of nitrogens with zero attached hydrogens (tertiary/aromatic N) is 2. The normalized spacial score (nSPS) is 10.6. The van der Waals surface area contributed by atoms with Gasteiger partial charge in [-0.1, -0.05) is 34.7 Å². The van der Waals surface area contributed by atoms with Crippen molar-refractivity contribution < 1.29 is 14.3 Å². The van der Waals surface area contributed by atoms with E-state index in [0.29, 0.717) is 34.6 Å². The summed E-state index contributed by atoms with van der Waals surface area (Å²) in [5, 5.41) is 12.3. The Kier molecular flexibility index (Phi) is 7.10. The fourth-order valence-corrected chi connectivity index (χ4v) is 3.58. The molecule has 1 aromatic heterocycles. The molecule has 0 radical (unpaired) electrons. The summed E-state index contributed by atoms with van der Waals surface area (Å²) in [6.07, 6.45) is 0. The second kappa shape index (κ2) is 9.07. The van der Waals surface area contributed by atoms with Gasteiger partial charge < -0.3 is 14.8 Å². The maximum absolute atomic E-state index is 12.2. The molecule has 0 atom stereocenters. The third kappa shape index (κ3) is 5.35. The Morgan fingerprint density at radius 1 is 1.39 bits per heavy atom. The maximum Gasteiger partial charge on any atom is 0.206 e. The quantitative estimate of drug-likeness (QED) is 0.411. The molecule has 1 N–H and O–H groups in total. The molecule has 6 nitrogen and oxygen atoms in total. The first kappa shape index (κ1) is 18.0. The van der Waals surface area contributed by atoms with Gasteiger partial charge in [-0.05, 0) is 18.2 Å². The number of hydrogen-bond acceptors (Lipinski definition) is 8. The minimum absolute atomic E-state index is 0.0244. The zero-order valence-corrected chi connectivity index (χ0v) is 15.1. The van der Waals surface area contributed by atoms with E-state index in [1.165, 1.54) is 30.2 Å². The summed E-state index contributed by atoms with van der Waals surface area (Å²) in [6.45, 7) is 1.26. The van der Waals surface area contributed by atoms with Gasteiger partial charge in [0.2, 0.25) is 5.13 Å². The van der Waals surface area contributed by atoms with Crippen molar-refractivity contribution in [1.29, 1.82) is 0 Å². The first-order valence-electron chi connectivity index (χ1n) is 6.70. The van der Waals surface area contributed by atoms with Crippen LogP contribution in [0.3, 0.4) is 0 Å². The van der Waals surface area contributed by atoms with Crippen molar-refractivity contribution in [3.63, 3.8) is 0 Å². The molecular formula is C14H16ClN3O3S2. The highest BCUT2D eigenvalue weighted by Crippen LogP contribution is 2.28. The van der Waals surface area contributed by atoms with Crippen LogP contribution >= 0.6 is 34.7 Å². The molecule has 0 aliphatic heterocycles. The van der Waals surface area contributed by atoms with Crippen LogP contribution < -0.4 is 10.1 Å². The van der Waals surface area contributed by atoms with Crippen LogP contribution in [0.25, 0.3) is 0 Å². The van der Waals surface area contributed by atoms with Crippen molar-refractivity contribution in [1.82, 2.24) is 10.2 Å². The van der Waals surface area contributed by atoms with Crippen molar-refractivity contribution in [2.75, 3.05) is 38.4 Å². The lowest BCUT2D eigenvalue weighted by atomic mass is 10.1. The predicted molar refractivity (Wildman–Crippen MR) is 93.3 cm³/mol. The van der Waals surface area contributed by atoms with Gasteiger partial charge in [0.15, 0.2) is 10.1 Å². The Hall–Kier alpha value is -1.35. The molecule has 0 saturated carbocycles. The smallest absolute Gasteiger partial charge is 0.206 e. The van der Waals surface area contributed by atoms with E-state index in [1.54, 1.807) is 25.3 Å². The van der Waals surface area contributed by atoms with Crippen LogP contribution in [0.4, 0.5) is 5.13 Å². The minimum Gasteiger partial charge on any atom is -0.495 e. The van der Waals surface area contributed by atoms with Crippen molar-refractivity contribution >= 4 is 45.6 Å². The molecular weight excluding hydrogens is 358 g/mol. The van der Waals surface area contributed by atoms with Crippen LogP contribution in [-0.4, -0.2) is 49.1 Å². The van der Waals surface area contributed by atoms with Gasteiger partial charge in [0, 0.05) is 19.2 Å². The number of Topliss-reactive ketones (excluding diaryl/α,β-unsaturated/α-hetero) is 1. The number of benzene rings is 1. The van der Waals surface area contributed by atoms with E-state index in [9.17, 15) is 4.79 Å². The number of ether oxygens (including phenoxy) is 2. The summed E-state index contributed by atoms with van der Waals surface area (Å²) in [6, 6.07) is 5.00. The lowest BCUT2D eigenvalue weighted by Gasteiger charge is -2.04. The molecule has 0 fully saturated rings. The van der Waals surface area contributed by atoms with Gasteiger partial charge in [-0.15, -0.1) is 10.2 Å². The average Bonchev–Trinajstić information content (AvgIpc) is 3.00. The first-order valence-corrected chi connectivity index (χ1v) is 8.88. The van der Waals surface area contributed by atoms with Crippen molar-refractivity contribution in [3.8, 4) is 5.75 Å². The second-order valence-corrected chi connectivity index (χ2v) is 6.96.